The van der Waals surface area contributed by atoms with Crippen molar-refractivity contribution in [2.45, 2.75) is 138 Å². The fourth-order valence-corrected chi connectivity index (χ4v) is 5.93. The highest BCUT2D eigenvalue weighted by Gasteiger charge is 2.58. The Bertz CT molecular complexity index is 912. The zero-order chi connectivity index (χ0) is 33.9. The van der Waals surface area contributed by atoms with Crippen LogP contribution in [0.15, 0.2) is 0 Å². The number of aliphatic hydroxyl groups excluding tert-OH is 10. The van der Waals surface area contributed by atoms with Gasteiger partial charge in [0.1, 0.15) is 54.9 Å². The fraction of sp³-hybridized carbons (Fsp3) is 1.00. The normalized spacial score (nSPS) is 46.6. The second-order valence-corrected chi connectivity index (χ2v) is 12.6. The van der Waals surface area contributed by atoms with Gasteiger partial charge in [-0.3, -0.25) is 0 Å². The van der Waals surface area contributed by atoms with Gasteiger partial charge in [0.15, 0.2) is 18.9 Å². The lowest BCUT2D eigenvalue weighted by Gasteiger charge is -2.54. The third-order valence-corrected chi connectivity index (χ3v) is 8.37. The van der Waals surface area contributed by atoms with E-state index in [1.165, 1.54) is 13.8 Å². The van der Waals surface area contributed by atoms with E-state index in [0.29, 0.717) is 6.42 Å². The van der Waals surface area contributed by atoms with E-state index in [9.17, 15) is 51.1 Å². The van der Waals surface area contributed by atoms with E-state index in [0.717, 1.165) is 0 Å². The Labute approximate surface area is 265 Å². The average Bonchev–Trinajstić information content (AvgIpc) is 2.96. The summed E-state index contributed by atoms with van der Waals surface area (Å²) >= 11 is 0. The van der Waals surface area contributed by atoms with Crippen LogP contribution in [0.25, 0.3) is 0 Å². The maximum Gasteiger partial charge on any atom is 0.187 e. The fourth-order valence-electron chi connectivity index (χ4n) is 5.93. The highest BCUT2D eigenvalue weighted by atomic mass is 16.8. The average molecular weight is 675 g/mol. The summed E-state index contributed by atoms with van der Waals surface area (Å²) in [5, 5.41) is 104. The molecule has 0 amide bonds. The largest absolute Gasteiger partial charge is 0.391 e. The van der Waals surface area contributed by atoms with Crippen molar-refractivity contribution in [2.24, 2.45) is 5.92 Å². The Morgan fingerprint density at radius 1 is 0.587 bits per heavy atom. The highest BCUT2D eigenvalue weighted by molar-refractivity contribution is 5.03. The van der Waals surface area contributed by atoms with Crippen LogP contribution in [-0.4, -0.2) is 195 Å². The van der Waals surface area contributed by atoms with Crippen molar-refractivity contribution in [3.05, 3.63) is 0 Å². The first-order valence-electron chi connectivity index (χ1n) is 15.5. The van der Waals surface area contributed by atoms with Gasteiger partial charge in [0, 0.05) is 12.3 Å². The quantitative estimate of drug-likeness (QED) is 0.0776. The molecule has 3 aliphatic heterocycles. The first-order chi connectivity index (χ1) is 21.7. The molecule has 3 heterocycles. The molecule has 0 aromatic heterocycles. The summed E-state index contributed by atoms with van der Waals surface area (Å²) in [5.41, 5.74) is 0. The molecule has 0 aromatic carbocycles. The first-order valence-corrected chi connectivity index (χ1v) is 15.5. The van der Waals surface area contributed by atoms with Gasteiger partial charge < -0.3 is 89.0 Å². The minimum atomic E-state index is -1.85. The predicted molar refractivity (Wildman–Crippen MR) is 149 cm³/mol. The zero-order valence-electron chi connectivity index (χ0n) is 26.0. The van der Waals surface area contributed by atoms with E-state index < -0.39 is 116 Å². The van der Waals surface area contributed by atoms with Crippen LogP contribution in [-0.2, 0) is 37.9 Å². The van der Waals surface area contributed by atoms with Crippen LogP contribution < -0.4 is 0 Å². The molecule has 18 heteroatoms. The Hall–Kier alpha value is -0.720. The van der Waals surface area contributed by atoms with Gasteiger partial charge >= 0.3 is 0 Å². The molecule has 4 fully saturated rings. The second-order valence-electron chi connectivity index (χ2n) is 12.6. The summed E-state index contributed by atoms with van der Waals surface area (Å²) in [7, 11) is 0. The summed E-state index contributed by atoms with van der Waals surface area (Å²) in [6.07, 6.45) is -23.6. The topological polar surface area (TPSA) is 276 Å². The lowest BCUT2D eigenvalue weighted by molar-refractivity contribution is -0.385. The smallest absolute Gasteiger partial charge is 0.187 e. The number of aliphatic hydroxyl groups is 10. The van der Waals surface area contributed by atoms with Gasteiger partial charge in [-0.25, -0.2) is 0 Å². The predicted octanol–water partition coefficient (Wildman–Crippen LogP) is -5.33. The van der Waals surface area contributed by atoms with Gasteiger partial charge in [-0.2, -0.15) is 0 Å². The monoisotopic (exact) mass is 674 g/mol. The molecule has 0 radical (unpaired) electrons. The van der Waals surface area contributed by atoms with E-state index in [-0.39, 0.29) is 33.0 Å². The van der Waals surface area contributed by atoms with Crippen molar-refractivity contribution in [1.29, 1.82) is 0 Å². The number of ether oxygens (including phenoxy) is 8. The number of hydrogen-bond donors (Lipinski definition) is 10. The number of hydrogen-bond acceptors (Lipinski definition) is 18. The van der Waals surface area contributed by atoms with Crippen molar-refractivity contribution in [1.82, 2.24) is 0 Å². The molecule has 3 saturated heterocycles. The van der Waals surface area contributed by atoms with Gasteiger partial charge in [0.05, 0.1) is 69.7 Å². The second kappa shape index (κ2) is 16.8. The number of fused-ring (bicyclic) bond motifs is 1. The first kappa shape index (κ1) is 38.1. The molecule has 1 saturated carbocycles. The van der Waals surface area contributed by atoms with Crippen molar-refractivity contribution in [2.75, 3.05) is 33.0 Å². The van der Waals surface area contributed by atoms with Gasteiger partial charge in [-0.1, -0.05) is 0 Å². The summed E-state index contributed by atoms with van der Waals surface area (Å²) in [6, 6.07) is 0. The summed E-state index contributed by atoms with van der Waals surface area (Å²) < 4.78 is 45.3. The van der Waals surface area contributed by atoms with Gasteiger partial charge in [0.2, 0.25) is 0 Å². The third kappa shape index (κ3) is 9.09. The molecular formula is C28H50O18. The molecule has 4 rings (SSSR count). The molecule has 4 aliphatic rings. The summed E-state index contributed by atoms with van der Waals surface area (Å²) in [6.45, 7) is 3.66. The molecule has 0 bridgehead atoms. The highest BCUT2D eigenvalue weighted by Crippen LogP contribution is 2.43. The molecular weight excluding hydrogens is 624 g/mol. The molecule has 1 aliphatic carbocycles. The maximum atomic E-state index is 11.2. The van der Waals surface area contributed by atoms with Gasteiger partial charge in [-0.15, -0.1) is 0 Å². The standard InChI is InChI=1S/C28H50O18/c1-10(29)5-39-8-15-24(19(33)21(35)26(38)42-15)45-28-23(37)20(34)25(16(44-28)9-40-6-11(2)30)46-27-22(36)18(32)17-13(4-14(17)43-27)41-7-12(3)31/h10-38H,4-9H2,1-3H3/t10?,11?,12?,13?,14-,15-,16-,17-,18+,19-,20-,21-,22-,23-,24-,25-,26+,27-,28-/m0/s1. The van der Waals surface area contributed by atoms with Crippen LogP contribution in [0.2, 0.25) is 0 Å². The van der Waals surface area contributed by atoms with Gasteiger partial charge in [0.25, 0.3) is 0 Å². The van der Waals surface area contributed by atoms with Crippen molar-refractivity contribution < 1.29 is 89.0 Å². The maximum absolute atomic E-state index is 11.2. The van der Waals surface area contributed by atoms with Crippen molar-refractivity contribution in [3.63, 3.8) is 0 Å². The lowest BCUT2D eigenvalue weighted by Crippen LogP contribution is -2.68. The molecule has 18 nitrogen and oxygen atoms in total. The van der Waals surface area contributed by atoms with Gasteiger partial charge in [-0.05, 0) is 20.8 Å². The molecule has 10 N–H and O–H groups in total. The minimum Gasteiger partial charge on any atom is -0.391 e. The summed E-state index contributed by atoms with van der Waals surface area (Å²) in [5.74, 6) is -0.592. The Balaban J connectivity index is 1.46. The molecule has 46 heavy (non-hydrogen) atoms. The SMILES string of the molecule is CC(O)COC[C@@H]1O[C@@H](O[C@@H]2[C@@H](O)[C@H](O)[C@H](O)O[C@H]2COCC(C)O)[C@@H](O)[C@H](O)[C@H]1O[C@@H]1O[C@H]2CC(OCC(C)O)[C@@H]2[C@@H](O)[C@@H]1O. The number of rotatable bonds is 15. The molecule has 0 spiro atoms. The molecule has 4 unspecified atom stereocenters. The van der Waals surface area contributed by atoms with Crippen LogP contribution in [0.3, 0.4) is 0 Å². The van der Waals surface area contributed by atoms with E-state index >= 15 is 0 Å². The Morgan fingerprint density at radius 2 is 1.07 bits per heavy atom. The Kier molecular flexibility index (Phi) is 13.9. The van der Waals surface area contributed by atoms with Crippen molar-refractivity contribution >= 4 is 0 Å². The van der Waals surface area contributed by atoms with Crippen LogP contribution in [0, 0.1) is 5.92 Å². The summed E-state index contributed by atoms with van der Waals surface area (Å²) in [4.78, 5) is 0. The zero-order valence-corrected chi connectivity index (χ0v) is 26.0. The van der Waals surface area contributed by atoms with Crippen LogP contribution in [0.5, 0.6) is 0 Å². The van der Waals surface area contributed by atoms with E-state index in [4.69, 9.17) is 37.9 Å². The van der Waals surface area contributed by atoms with E-state index in [1.807, 2.05) is 0 Å². The van der Waals surface area contributed by atoms with Crippen LogP contribution in [0.1, 0.15) is 27.2 Å². The molecule has 19 atom stereocenters. The Morgan fingerprint density at radius 3 is 1.61 bits per heavy atom. The molecule has 270 valence electrons. The third-order valence-electron chi connectivity index (χ3n) is 8.37. The van der Waals surface area contributed by atoms with Crippen LogP contribution in [0.4, 0.5) is 0 Å². The minimum absolute atomic E-state index is 0.0384. The van der Waals surface area contributed by atoms with Crippen molar-refractivity contribution in [3.8, 4) is 0 Å². The van der Waals surface area contributed by atoms with E-state index in [1.54, 1.807) is 6.92 Å². The molecule has 0 aromatic rings. The lowest BCUT2D eigenvalue weighted by atomic mass is 9.71. The van der Waals surface area contributed by atoms with Crippen LogP contribution >= 0.6 is 0 Å². The van der Waals surface area contributed by atoms with E-state index in [2.05, 4.69) is 0 Å².